The van der Waals surface area contributed by atoms with Gasteiger partial charge in [0, 0.05) is 31.5 Å². The summed E-state index contributed by atoms with van der Waals surface area (Å²) in [5, 5.41) is 0.677. The van der Waals surface area contributed by atoms with Crippen LogP contribution in [0.5, 0.6) is 0 Å². The third kappa shape index (κ3) is 3.58. The molecule has 0 aliphatic heterocycles. The summed E-state index contributed by atoms with van der Waals surface area (Å²) in [4.78, 5) is 14.4. The summed E-state index contributed by atoms with van der Waals surface area (Å²) in [6.07, 6.45) is 3.56. The fourth-order valence-electron chi connectivity index (χ4n) is 1.86. The SMILES string of the molecule is C[Si](C)(C)CCOCn1cc(Br)c2c(=O)[nH]ccc21. The van der Waals surface area contributed by atoms with Crippen LogP contribution in [0, 0.1) is 0 Å². The lowest BCUT2D eigenvalue weighted by Gasteiger charge is -2.15. The highest BCUT2D eigenvalue weighted by Crippen LogP contribution is 2.22. The highest BCUT2D eigenvalue weighted by Gasteiger charge is 2.13. The van der Waals surface area contributed by atoms with Gasteiger partial charge in [-0.05, 0) is 28.0 Å². The number of aromatic amines is 1. The molecule has 0 aromatic carbocycles. The molecule has 19 heavy (non-hydrogen) atoms. The first-order chi connectivity index (χ1) is 8.88. The molecule has 0 bridgehead atoms. The molecule has 0 atom stereocenters. The monoisotopic (exact) mass is 342 g/mol. The van der Waals surface area contributed by atoms with Gasteiger partial charge >= 0.3 is 0 Å². The van der Waals surface area contributed by atoms with Crippen LogP contribution in [0.15, 0.2) is 27.7 Å². The molecule has 2 aromatic rings. The number of aromatic nitrogens is 2. The number of H-pyrrole nitrogens is 1. The van der Waals surface area contributed by atoms with E-state index in [9.17, 15) is 4.79 Å². The van der Waals surface area contributed by atoms with Crippen LogP contribution in [0.1, 0.15) is 0 Å². The van der Waals surface area contributed by atoms with Crippen LogP contribution in [0.4, 0.5) is 0 Å². The molecule has 0 aliphatic carbocycles. The molecule has 0 spiro atoms. The maximum atomic E-state index is 11.7. The molecule has 104 valence electrons. The van der Waals surface area contributed by atoms with Gasteiger partial charge in [0.15, 0.2) is 0 Å². The second-order valence-electron chi connectivity index (χ2n) is 5.86. The summed E-state index contributed by atoms with van der Waals surface area (Å²) in [7, 11) is -1.05. The number of hydrogen-bond donors (Lipinski definition) is 1. The smallest absolute Gasteiger partial charge is 0.258 e. The van der Waals surface area contributed by atoms with Gasteiger partial charge in [-0.25, -0.2) is 0 Å². The Bertz CT molecular complexity index is 628. The van der Waals surface area contributed by atoms with E-state index < -0.39 is 8.07 Å². The molecule has 0 amide bonds. The van der Waals surface area contributed by atoms with E-state index in [-0.39, 0.29) is 5.56 Å². The summed E-state index contributed by atoms with van der Waals surface area (Å²) in [6, 6.07) is 3.04. The molecule has 2 heterocycles. The minimum absolute atomic E-state index is 0.0785. The molecule has 0 saturated carbocycles. The van der Waals surface area contributed by atoms with Gasteiger partial charge in [0.25, 0.3) is 5.56 Å². The molecular weight excluding hydrogens is 324 g/mol. The van der Waals surface area contributed by atoms with Gasteiger partial charge in [-0.3, -0.25) is 4.79 Å². The number of hydrogen-bond acceptors (Lipinski definition) is 2. The first-order valence-electron chi connectivity index (χ1n) is 6.32. The lowest BCUT2D eigenvalue weighted by Crippen LogP contribution is -2.22. The van der Waals surface area contributed by atoms with E-state index in [0.717, 1.165) is 22.6 Å². The summed E-state index contributed by atoms with van der Waals surface area (Å²) in [5.74, 6) is 0. The Hall–Kier alpha value is -0.853. The quantitative estimate of drug-likeness (QED) is 0.668. The maximum absolute atomic E-state index is 11.7. The van der Waals surface area contributed by atoms with E-state index in [2.05, 4.69) is 40.6 Å². The zero-order valence-electron chi connectivity index (χ0n) is 11.5. The molecular formula is C13H19BrN2O2Si. The number of ether oxygens (including phenoxy) is 1. The summed E-state index contributed by atoms with van der Waals surface area (Å²) >= 11 is 3.42. The fraction of sp³-hybridized carbons (Fsp3) is 0.462. The van der Waals surface area contributed by atoms with Crippen molar-refractivity contribution < 1.29 is 4.74 Å². The lowest BCUT2D eigenvalue weighted by molar-refractivity contribution is 0.0902. The number of halogens is 1. The predicted molar refractivity (Wildman–Crippen MR) is 84.4 cm³/mol. The highest BCUT2D eigenvalue weighted by atomic mass is 79.9. The van der Waals surface area contributed by atoms with Crippen molar-refractivity contribution in [1.82, 2.24) is 9.55 Å². The van der Waals surface area contributed by atoms with Crippen LogP contribution < -0.4 is 5.56 Å². The maximum Gasteiger partial charge on any atom is 0.258 e. The molecule has 0 fully saturated rings. The first-order valence-corrected chi connectivity index (χ1v) is 10.8. The van der Waals surface area contributed by atoms with Gasteiger partial charge in [-0.1, -0.05) is 19.6 Å². The van der Waals surface area contributed by atoms with Crippen molar-refractivity contribution in [3.05, 3.63) is 33.3 Å². The molecule has 2 aromatic heterocycles. The summed E-state index contributed by atoms with van der Waals surface area (Å²) in [6.45, 7) is 8.25. The zero-order chi connectivity index (χ0) is 14.0. The van der Waals surface area contributed by atoms with Gasteiger partial charge in [0.05, 0.1) is 10.9 Å². The number of nitrogens with zero attached hydrogens (tertiary/aromatic N) is 1. The van der Waals surface area contributed by atoms with Gasteiger partial charge in [0.1, 0.15) is 6.73 Å². The fourth-order valence-corrected chi connectivity index (χ4v) is 3.24. The van der Waals surface area contributed by atoms with Gasteiger partial charge < -0.3 is 14.3 Å². The normalized spacial score (nSPS) is 12.2. The van der Waals surface area contributed by atoms with E-state index in [0.29, 0.717) is 12.1 Å². The van der Waals surface area contributed by atoms with Crippen LogP contribution in [0.2, 0.25) is 25.7 Å². The second kappa shape index (κ2) is 5.64. The number of fused-ring (bicyclic) bond motifs is 1. The Morgan fingerprint density at radius 2 is 2.16 bits per heavy atom. The Labute approximate surface area is 121 Å². The van der Waals surface area contributed by atoms with Gasteiger partial charge in [0.2, 0.25) is 0 Å². The van der Waals surface area contributed by atoms with Gasteiger partial charge in [-0.2, -0.15) is 0 Å². The molecule has 1 N–H and O–H groups in total. The Kier molecular flexibility index (Phi) is 4.32. The molecule has 0 unspecified atom stereocenters. The van der Waals surface area contributed by atoms with Crippen LogP contribution in [-0.2, 0) is 11.5 Å². The van der Waals surface area contributed by atoms with E-state index in [1.165, 1.54) is 0 Å². The Balaban J connectivity index is 2.10. The summed E-state index contributed by atoms with van der Waals surface area (Å²) < 4.78 is 8.48. The standard InChI is InChI=1S/C13H19BrN2O2Si/c1-19(2,3)7-6-18-9-16-8-10(14)12-11(16)4-5-15-13(12)17/h4-5,8H,6-7,9H2,1-3H3,(H,15,17). The topological polar surface area (TPSA) is 47.0 Å². The third-order valence-electron chi connectivity index (χ3n) is 2.98. The van der Waals surface area contributed by atoms with Crippen LogP contribution in [-0.4, -0.2) is 24.2 Å². The first kappa shape index (κ1) is 14.6. The number of rotatable bonds is 5. The van der Waals surface area contributed by atoms with Crippen molar-refractivity contribution in [2.45, 2.75) is 32.4 Å². The predicted octanol–water partition coefficient (Wildman–Crippen LogP) is 3.40. The minimum atomic E-state index is -1.05. The largest absolute Gasteiger partial charge is 0.361 e. The van der Waals surface area contributed by atoms with Crippen LogP contribution in [0.25, 0.3) is 10.9 Å². The van der Waals surface area contributed by atoms with Crippen molar-refractivity contribution in [3.63, 3.8) is 0 Å². The number of pyridine rings is 1. The van der Waals surface area contributed by atoms with E-state index in [1.807, 2.05) is 16.8 Å². The Morgan fingerprint density at radius 3 is 2.84 bits per heavy atom. The lowest BCUT2D eigenvalue weighted by atomic mass is 10.3. The number of nitrogens with one attached hydrogen (secondary N) is 1. The highest BCUT2D eigenvalue weighted by molar-refractivity contribution is 9.10. The Morgan fingerprint density at radius 1 is 1.42 bits per heavy atom. The molecule has 0 saturated heterocycles. The van der Waals surface area contributed by atoms with Gasteiger partial charge in [-0.15, -0.1) is 0 Å². The third-order valence-corrected chi connectivity index (χ3v) is 5.29. The van der Waals surface area contributed by atoms with Crippen molar-refractivity contribution in [3.8, 4) is 0 Å². The van der Waals surface area contributed by atoms with E-state index in [4.69, 9.17) is 4.74 Å². The zero-order valence-corrected chi connectivity index (χ0v) is 14.1. The van der Waals surface area contributed by atoms with Crippen LogP contribution in [0.3, 0.4) is 0 Å². The molecule has 4 nitrogen and oxygen atoms in total. The molecule has 2 rings (SSSR count). The van der Waals surface area contributed by atoms with Crippen molar-refractivity contribution in [2.75, 3.05) is 6.61 Å². The molecule has 6 heteroatoms. The average molecular weight is 343 g/mol. The van der Waals surface area contributed by atoms with Crippen molar-refractivity contribution in [1.29, 1.82) is 0 Å². The van der Waals surface area contributed by atoms with E-state index >= 15 is 0 Å². The molecule has 0 radical (unpaired) electrons. The van der Waals surface area contributed by atoms with Crippen LogP contribution >= 0.6 is 15.9 Å². The summed E-state index contributed by atoms with van der Waals surface area (Å²) in [5.41, 5.74) is 0.814. The second-order valence-corrected chi connectivity index (χ2v) is 12.3. The van der Waals surface area contributed by atoms with E-state index in [1.54, 1.807) is 6.20 Å². The molecule has 0 aliphatic rings. The average Bonchev–Trinajstić information content (AvgIpc) is 2.62. The van der Waals surface area contributed by atoms with Crippen molar-refractivity contribution >= 4 is 34.9 Å². The van der Waals surface area contributed by atoms with Crippen molar-refractivity contribution in [2.24, 2.45) is 0 Å². The minimum Gasteiger partial charge on any atom is -0.361 e.